The number of pyridine rings is 1. The van der Waals surface area contributed by atoms with Crippen LogP contribution in [-0.2, 0) is 16.1 Å². The molecule has 1 N–H and O–H groups in total. The van der Waals surface area contributed by atoms with Gasteiger partial charge in [0, 0.05) is 17.6 Å². The number of rotatable bonds is 8. The van der Waals surface area contributed by atoms with Gasteiger partial charge in [0.05, 0.1) is 18.0 Å². The molecular weight excluding hydrogens is 410 g/mol. The molecule has 3 aromatic rings. The van der Waals surface area contributed by atoms with Crippen molar-refractivity contribution in [2.24, 2.45) is 0 Å². The molecular formula is C19H21N5O3S2. The predicted molar refractivity (Wildman–Crippen MR) is 115 cm³/mol. The van der Waals surface area contributed by atoms with E-state index in [9.17, 15) is 9.59 Å². The van der Waals surface area contributed by atoms with Crippen molar-refractivity contribution in [2.45, 2.75) is 32.5 Å². The summed E-state index contributed by atoms with van der Waals surface area (Å²) in [5.41, 5.74) is 2.24. The summed E-state index contributed by atoms with van der Waals surface area (Å²) in [5.74, 6) is -0.608. The summed E-state index contributed by atoms with van der Waals surface area (Å²) in [4.78, 5) is 30.6. The van der Waals surface area contributed by atoms with Crippen molar-refractivity contribution in [1.82, 2.24) is 19.7 Å². The number of carbonyl (C=O) groups excluding carboxylic acids is 2. The monoisotopic (exact) mass is 431 g/mol. The minimum Gasteiger partial charge on any atom is -0.462 e. The standard InChI is InChI=1S/C19H21N5O3S2/c1-5-7-24-10-20-23-19(24)28-9-13(25)22-15-14-11(3)8-12(4)21-17(14)29-16(15)18(26)27-6-2/h5,8,10H,1,6-7,9H2,2-4H3,(H,22,25). The molecule has 3 rings (SSSR count). The van der Waals surface area contributed by atoms with Crippen LogP contribution in [0, 0.1) is 13.8 Å². The van der Waals surface area contributed by atoms with Crippen molar-refractivity contribution in [1.29, 1.82) is 0 Å². The molecule has 29 heavy (non-hydrogen) atoms. The Hall–Kier alpha value is -2.72. The van der Waals surface area contributed by atoms with Gasteiger partial charge in [0.2, 0.25) is 5.91 Å². The largest absolute Gasteiger partial charge is 0.462 e. The van der Waals surface area contributed by atoms with Crippen LogP contribution in [-0.4, -0.2) is 44.0 Å². The zero-order valence-electron chi connectivity index (χ0n) is 16.4. The molecule has 0 aliphatic carbocycles. The normalized spacial score (nSPS) is 10.9. The molecule has 0 aliphatic heterocycles. The number of fused-ring (bicyclic) bond motifs is 1. The Balaban J connectivity index is 1.86. The van der Waals surface area contributed by atoms with E-state index < -0.39 is 5.97 Å². The lowest BCUT2D eigenvalue weighted by atomic mass is 10.1. The fraction of sp³-hybridized carbons (Fsp3) is 0.316. The lowest BCUT2D eigenvalue weighted by molar-refractivity contribution is -0.113. The first-order valence-corrected chi connectivity index (χ1v) is 10.7. The van der Waals surface area contributed by atoms with Crippen molar-refractivity contribution in [2.75, 3.05) is 17.7 Å². The lowest BCUT2D eigenvalue weighted by Gasteiger charge is -2.09. The molecule has 0 aliphatic rings. The molecule has 0 atom stereocenters. The third-order valence-corrected chi connectivity index (χ3v) is 6.00. The minimum atomic E-state index is -0.471. The van der Waals surface area contributed by atoms with Gasteiger partial charge in [-0.2, -0.15) is 0 Å². The van der Waals surface area contributed by atoms with E-state index in [1.165, 1.54) is 23.1 Å². The highest BCUT2D eigenvalue weighted by Crippen LogP contribution is 2.37. The Morgan fingerprint density at radius 1 is 1.41 bits per heavy atom. The summed E-state index contributed by atoms with van der Waals surface area (Å²) >= 11 is 2.48. The molecule has 3 heterocycles. The molecule has 8 nitrogen and oxygen atoms in total. The van der Waals surface area contributed by atoms with Gasteiger partial charge in [-0.25, -0.2) is 9.78 Å². The summed E-state index contributed by atoms with van der Waals surface area (Å²) in [6.45, 7) is 10.1. The van der Waals surface area contributed by atoms with Crippen LogP contribution in [0.3, 0.4) is 0 Å². The highest BCUT2D eigenvalue weighted by atomic mass is 32.2. The molecule has 0 saturated carbocycles. The van der Waals surface area contributed by atoms with Gasteiger partial charge in [0.25, 0.3) is 0 Å². The maximum Gasteiger partial charge on any atom is 0.350 e. The molecule has 1 amide bonds. The van der Waals surface area contributed by atoms with Crippen molar-refractivity contribution >= 4 is 50.9 Å². The van der Waals surface area contributed by atoms with E-state index in [-0.39, 0.29) is 18.3 Å². The number of nitrogens with zero attached hydrogens (tertiary/aromatic N) is 4. The first kappa shape index (κ1) is 21.0. The van der Waals surface area contributed by atoms with Gasteiger partial charge in [-0.05, 0) is 32.4 Å². The number of thiophene rings is 1. The van der Waals surface area contributed by atoms with E-state index in [0.717, 1.165) is 16.6 Å². The average molecular weight is 432 g/mol. The fourth-order valence-corrected chi connectivity index (χ4v) is 4.70. The highest BCUT2D eigenvalue weighted by Gasteiger charge is 2.23. The van der Waals surface area contributed by atoms with E-state index in [1.807, 2.05) is 19.9 Å². The van der Waals surface area contributed by atoms with E-state index >= 15 is 0 Å². The molecule has 0 radical (unpaired) electrons. The number of thioether (sulfide) groups is 1. The number of aryl methyl sites for hydroxylation is 2. The summed E-state index contributed by atoms with van der Waals surface area (Å²) in [5, 5.41) is 12.1. The van der Waals surface area contributed by atoms with Crippen molar-refractivity contribution < 1.29 is 14.3 Å². The van der Waals surface area contributed by atoms with Crippen LogP contribution in [0.1, 0.15) is 27.9 Å². The second-order valence-electron chi connectivity index (χ2n) is 6.18. The molecule has 0 unspecified atom stereocenters. The van der Waals surface area contributed by atoms with Crippen LogP contribution in [0.4, 0.5) is 5.69 Å². The topological polar surface area (TPSA) is 99.0 Å². The van der Waals surface area contributed by atoms with Gasteiger partial charge < -0.3 is 14.6 Å². The highest BCUT2D eigenvalue weighted by molar-refractivity contribution is 7.99. The van der Waals surface area contributed by atoms with Crippen LogP contribution in [0.25, 0.3) is 10.2 Å². The van der Waals surface area contributed by atoms with E-state index in [0.29, 0.717) is 27.1 Å². The minimum absolute atomic E-state index is 0.119. The SMILES string of the molecule is C=CCn1cnnc1SCC(=O)Nc1c(C(=O)OCC)sc2nc(C)cc(C)c12. The van der Waals surface area contributed by atoms with Crippen molar-refractivity contribution in [3.05, 3.63) is 41.2 Å². The molecule has 0 bridgehead atoms. The average Bonchev–Trinajstić information content (AvgIpc) is 3.25. The molecule has 0 spiro atoms. The van der Waals surface area contributed by atoms with Gasteiger partial charge in [-0.1, -0.05) is 17.8 Å². The first-order valence-electron chi connectivity index (χ1n) is 8.93. The Morgan fingerprint density at radius 3 is 2.93 bits per heavy atom. The number of hydrogen-bond acceptors (Lipinski definition) is 8. The van der Waals surface area contributed by atoms with Crippen LogP contribution in [0.2, 0.25) is 0 Å². The Labute approximate surface area is 176 Å². The zero-order chi connectivity index (χ0) is 21.0. The van der Waals surface area contributed by atoms with E-state index in [2.05, 4.69) is 27.1 Å². The van der Waals surface area contributed by atoms with Crippen molar-refractivity contribution in [3.63, 3.8) is 0 Å². The second-order valence-corrected chi connectivity index (χ2v) is 8.12. The molecule has 0 aromatic carbocycles. The third-order valence-electron chi connectivity index (χ3n) is 3.95. The summed E-state index contributed by atoms with van der Waals surface area (Å²) in [6.07, 6.45) is 3.32. The summed E-state index contributed by atoms with van der Waals surface area (Å²) in [7, 11) is 0. The number of aromatic nitrogens is 4. The van der Waals surface area contributed by atoms with Gasteiger partial charge in [0.1, 0.15) is 16.0 Å². The summed E-state index contributed by atoms with van der Waals surface area (Å²) < 4.78 is 6.96. The van der Waals surface area contributed by atoms with Gasteiger partial charge in [-0.3, -0.25) is 4.79 Å². The van der Waals surface area contributed by atoms with Crippen LogP contribution in [0.15, 0.2) is 30.2 Å². The molecule has 152 valence electrons. The number of amides is 1. The number of allylic oxidation sites excluding steroid dienone is 1. The third kappa shape index (κ3) is 4.65. The number of nitrogens with one attached hydrogen (secondary N) is 1. The predicted octanol–water partition coefficient (Wildman–Crippen LogP) is 3.60. The first-order chi connectivity index (χ1) is 13.9. The fourth-order valence-electron chi connectivity index (χ4n) is 2.83. The lowest BCUT2D eigenvalue weighted by Crippen LogP contribution is -2.17. The quantitative estimate of drug-likeness (QED) is 0.330. The molecule has 3 aromatic heterocycles. The number of ether oxygens (including phenoxy) is 1. The Bertz CT molecular complexity index is 1070. The maximum absolute atomic E-state index is 12.7. The van der Waals surface area contributed by atoms with Crippen LogP contribution < -0.4 is 5.32 Å². The maximum atomic E-state index is 12.7. The smallest absolute Gasteiger partial charge is 0.350 e. The molecule has 0 saturated heterocycles. The van der Waals surface area contributed by atoms with Crippen LogP contribution in [0.5, 0.6) is 0 Å². The van der Waals surface area contributed by atoms with E-state index in [4.69, 9.17) is 4.74 Å². The molecule has 10 heteroatoms. The van der Waals surface area contributed by atoms with Gasteiger partial charge in [0.15, 0.2) is 5.16 Å². The molecule has 0 fully saturated rings. The Morgan fingerprint density at radius 2 is 2.21 bits per heavy atom. The van der Waals surface area contributed by atoms with Crippen LogP contribution >= 0.6 is 23.1 Å². The number of anilines is 1. The second kappa shape index (κ2) is 9.19. The van der Waals surface area contributed by atoms with Crippen molar-refractivity contribution in [3.8, 4) is 0 Å². The summed E-state index contributed by atoms with van der Waals surface area (Å²) in [6, 6.07) is 1.92. The zero-order valence-corrected chi connectivity index (χ0v) is 18.0. The number of carbonyl (C=O) groups is 2. The number of hydrogen-bond donors (Lipinski definition) is 1. The Kier molecular flexibility index (Phi) is 6.65. The van der Waals surface area contributed by atoms with Gasteiger partial charge in [-0.15, -0.1) is 28.1 Å². The van der Waals surface area contributed by atoms with Gasteiger partial charge >= 0.3 is 5.97 Å². The number of esters is 1. The van der Waals surface area contributed by atoms with E-state index in [1.54, 1.807) is 23.9 Å².